The van der Waals surface area contributed by atoms with E-state index in [1.54, 1.807) is 42.2 Å². The highest BCUT2D eigenvalue weighted by Gasteiger charge is 2.31. The molecule has 0 fully saturated rings. The first-order valence-electron chi connectivity index (χ1n) is 10.4. The van der Waals surface area contributed by atoms with Crippen LogP contribution in [0.5, 0.6) is 11.5 Å². The minimum absolute atomic E-state index is 0.150. The molecule has 0 spiro atoms. The molecule has 4 rings (SSSR count). The number of carbonyl (C=O) groups is 2. The van der Waals surface area contributed by atoms with E-state index < -0.39 is 6.10 Å². The average Bonchev–Trinajstić information content (AvgIpc) is 2.79. The Morgan fingerprint density at radius 1 is 1.06 bits per heavy atom. The summed E-state index contributed by atoms with van der Waals surface area (Å²) in [6, 6.07) is 17.6. The number of benzene rings is 3. The lowest BCUT2D eigenvalue weighted by Crippen LogP contribution is -2.46. The summed E-state index contributed by atoms with van der Waals surface area (Å²) < 4.78 is 11.6. The van der Waals surface area contributed by atoms with Crippen molar-refractivity contribution >= 4 is 46.4 Å². The number of amides is 2. The standard InChI is InChI=1S/C25H22Cl2N2O4/c1-15-3-7-19(8-4-15)32-12-11-29-22-10-6-18(14-23(22)33-16(2)25(29)31)28-24(30)17-5-9-20(26)21(27)13-17/h3-10,13-14,16H,11-12H2,1-2H3,(H,28,30). The van der Waals surface area contributed by atoms with Gasteiger partial charge < -0.3 is 19.7 Å². The molecule has 0 radical (unpaired) electrons. The number of anilines is 2. The minimum Gasteiger partial charge on any atom is -0.492 e. The molecule has 1 aliphatic rings. The fourth-order valence-corrected chi connectivity index (χ4v) is 3.75. The molecule has 33 heavy (non-hydrogen) atoms. The van der Waals surface area contributed by atoms with Gasteiger partial charge in [0.15, 0.2) is 6.10 Å². The molecule has 1 atom stereocenters. The molecule has 1 aliphatic heterocycles. The number of nitrogens with one attached hydrogen (secondary N) is 1. The summed E-state index contributed by atoms with van der Waals surface area (Å²) in [4.78, 5) is 27.0. The SMILES string of the molecule is Cc1ccc(OCCN2C(=O)C(C)Oc3cc(NC(=O)c4ccc(Cl)c(Cl)c4)ccc32)cc1. The molecule has 1 N–H and O–H groups in total. The quantitative estimate of drug-likeness (QED) is 0.483. The first kappa shape index (κ1) is 23.0. The third-order valence-corrected chi connectivity index (χ3v) is 5.95. The lowest BCUT2D eigenvalue weighted by Gasteiger charge is -2.33. The first-order valence-corrected chi connectivity index (χ1v) is 11.2. The van der Waals surface area contributed by atoms with E-state index in [0.717, 1.165) is 11.3 Å². The molecule has 0 saturated carbocycles. The van der Waals surface area contributed by atoms with Crippen LogP contribution < -0.4 is 19.7 Å². The maximum absolute atomic E-state index is 12.7. The summed E-state index contributed by atoms with van der Waals surface area (Å²) in [7, 11) is 0. The molecule has 0 saturated heterocycles. The van der Waals surface area contributed by atoms with Gasteiger partial charge in [-0.1, -0.05) is 40.9 Å². The summed E-state index contributed by atoms with van der Waals surface area (Å²) >= 11 is 11.9. The molecule has 2 amide bonds. The van der Waals surface area contributed by atoms with Crippen LogP contribution in [0.3, 0.4) is 0 Å². The van der Waals surface area contributed by atoms with Gasteiger partial charge in [-0.05, 0) is 56.3 Å². The van der Waals surface area contributed by atoms with E-state index >= 15 is 0 Å². The molecule has 1 unspecified atom stereocenters. The second kappa shape index (κ2) is 9.73. The Morgan fingerprint density at radius 3 is 2.55 bits per heavy atom. The number of aryl methyl sites for hydroxylation is 1. The van der Waals surface area contributed by atoms with E-state index in [4.69, 9.17) is 32.7 Å². The highest BCUT2D eigenvalue weighted by atomic mass is 35.5. The van der Waals surface area contributed by atoms with Crippen molar-refractivity contribution in [1.29, 1.82) is 0 Å². The van der Waals surface area contributed by atoms with Gasteiger partial charge in [0.1, 0.15) is 18.1 Å². The van der Waals surface area contributed by atoms with Crippen LogP contribution in [0.4, 0.5) is 11.4 Å². The number of halogens is 2. The second-order valence-electron chi connectivity index (χ2n) is 7.68. The molecule has 1 heterocycles. The van der Waals surface area contributed by atoms with Crippen LogP contribution >= 0.6 is 23.2 Å². The molecule has 0 aromatic heterocycles. The number of carbonyl (C=O) groups excluding carboxylic acids is 2. The molecule has 0 bridgehead atoms. The zero-order valence-corrected chi connectivity index (χ0v) is 19.6. The van der Waals surface area contributed by atoms with Crippen LogP contribution in [0.2, 0.25) is 10.0 Å². The first-order chi connectivity index (χ1) is 15.8. The van der Waals surface area contributed by atoms with Crippen molar-refractivity contribution in [2.24, 2.45) is 0 Å². The number of rotatable bonds is 6. The predicted octanol–water partition coefficient (Wildman–Crippen LogP) is 5.75. The second-order valence-corrected chi connectivity index (χ2v) is 8.49. The zero-order chi connectivity index (χ0) is 23.5. The van der Waals surface area contributed by atoms with Crippen molar-refractivity contribution in [3.8, 4) is 11.5 Å². The fourth-order valence-electron chi connectivity index (χ4n) is 3.45. The van der Waals surface area contributed by atoms with E-state index in [-0.39, 0.29) is 11.8 Å². The Bertz CT molecular complexity index is 1200. The van der Waals surface area contributed by atoms with Gasteiger partial charge in [0.2, 0.25) is 0 Å². The highest BCUT2D eigenvalue weighted by molar-refractivity contribution is 6.42. The van der Waals surface area contributed by atoms with Crippen molar-refractivity contribution in [2.75, 3.05) is 23.4 Å². The van der Waals surface area contributed by atoms with Gasteiger partial charge in [-0.25, -0.2) is 0 Å². The van der Waals surface area contributed by atoms with Crippen LogP contribution in [-0.2, 0) is 4.79 Å². The normalized spacial score (nSPS) is 15.0. The van der Waals surface area contributed by atoms with Gasteiger partial charge in [-0.15, -0.1) is 0 Å². The smallest absolute Gasteiger partial charge is 0.267 e. The number of hydrogen-bond donors (Lipinski definition) is 1. The number of hydrogen-bond acceptors (Lipinski definition) is 4. The molecule has 0 aliphatic carbocycles. The van der Waals surface area contributed by atoms with Crippen LogP contribution in [0, 0.1) is 6.92 Å². The summed E-state index contributed by atoms with van der Waals surface area (Å²) in [5, 5.41) is 3.49. The molecule has 6 nitrogen and oxygen atoms in total. The van der Waals surface area contributed by atoms with Crippen molar-refractivity contribution < 1.29 is 19.1 Å². The van der Waals surface area contributed by atoms with Crippen LogP contribution in [0.15, 0.2) is 60.7 Å². The number of fused-ring (bicyclic) bond motifs is 1. The Kier molecular flexibility index (Phi) is 6.77. The molecule has 3 aromatic rings. The fraction of sp³-hybridized carbons (Fsp3) is 0.200. The molecule has 8 heteroatoms. The molecular weight excluding hydrogens is 463 g/mol. The maximum Gasteiger partial charge on any atom is 0.267 e. The molecule has 3 aromatic carbocycles. The maximum atomic E-state index is 12.7. The van der Waals surface area contributed by atoms with Gasteiger partial charge in [0.05, 0.1) is 22.3 Å². The van der Waals surface area contributed by atoms with Crippen molar-refractivity contribution in [3.63, 3.8) is 0 Å². The van der Waals surface area contributed by atoms with Gasteiger partial charge in [0, 0.05) is 17.3 Å². The van der Waals surface area contributed by atoms with E-state index in [0.29, 0.717) is 45.9 Å². The van der Waals surface area contributed by atoms with E-state index in [9.17, 15) is 9.59 Å². The summed E-state index contributed by atoms with van der Waals surface area (Å²) in [6.45, 7) is 4.40. The average molecular weight is 485 g/mol. The van der Waals surface area contributed by atoms with Gasteiger partial charge >= 0.3 is 0 Å². The Hall–Kier alpha value is -3.22. The number of nitrogens with zero attached hydrogens (tertiary/aromatic N) is 1. The summed E-state index contributed by atoms with van der Waals surface area (Å²) in [5.74, 6) is 0.763. The van der Waals surface area contributed by atoms with E-state index in [2.05, 4.69) is 5.32 Å². The Morgan fingerprint density at radius 2 is 1.82 bits per heavy atom. The zero-order valence-electron chi connectivity index (χ0n) is 18.1. The Labute approximate surface area is 202 Å². The van der Waals surface area contributed by atoms with Crippen LogP contribution in [0.1, 0.15) is 22.8 Å². The lowest BCUT2D eigenvalue weighted by atomic mass is 10.1. The van der Waals surface area contributed by atoms with Gasteiger partial charge in [-0.2, -0.15) is 0 Å². The molecule has 170 valence electrons. The Balaban J connectivity index is 1.47. The third kappa shape index (κ3) is 5.24. The third-order valence-electron chi connectivity index (χ3n) is 5.21. The van der Waals surface area contributed by atoms with Crippen molar-refractivity contribution in [3.05, 3.63) is 81.8 Å². The highest BCUT2D eigenvalue weighted by Crippen LogP contribution is 2.36. The van der Waals surface area contributed by atoms with Gasteiger partial charge in [-0.3, -0.25) is 9.59 Å². The van der Waals surface area contributed by atoms with E-state index in [1.807, 2.05) is 31.2 Å². The minimum atomic E-state index is -0.655. The summed E-state index contributed by atoms with van der Waals surface area (Å²) in [6.07, 6.45) is -0.655. The lowest BCUT2D eigenvalue weighted by molar-refractivity contribution is -0.125. The molecular formula is C25H22Cl2N2O4. The van der Waals surface area contributed by atoms with Crippen LogP contribution in [0.25, 0.3) is 0 Å². The monoisotopic (exact) mass is 484 g/mol. The van der Waals surface area contributed by atoms with Crippen molar-refractivity contribution in [2.45, 2.75) is 20.0 Å². The van der Waals surface area contributed by atoms with Crippen molar-refractivity contribution in [1.82, 2.24) is 0 Å². The predicted molar refractivity (Wildman–Crippen MR) is 130 cm³/mol. The van der Waals surface area contributed by atoms with Gasteiger partial charge in [0.25, 0.3) is 11.8 Å². The summed E-state index contributed by atoms with van der Waals surface area (Å²) in [5.41, 5.74) is 2.68. The largest absolute Gasteiger partial charge is 0.492 e. The van der Waals surface area contributed by atoms with E-state index in [1.165, 1.54) is 6.07 Å². The topological polar surface area (TPSA) is 67.9 Å². The van der Waals surface area contributed by atoms with Crippen LogP contribution in [-0.4, -0.2) is 31.1 Å². The number of ether oxygens (including phenoxy) is 2.